The largest absolute Gasteiger partial charge is 0.339 e. The zero-order valence-electron chi connectivity index (χ0n) is 13.5. The highest BCUT2D eigenvalue weighted by atomic mass is 35.5. The zero-order chi connectivity index (χ0) is 15.1. The number of carbonyl (C=O) groups is 1. The molecule has 0 radical (unpaired) electrons. The van der Waals surface area contributed by atoms with E-state index in [2.05, 4.69) is 31.3 Å². The summed E-state index contributed by atoms with van der Waals surface area (Å²) < 4.78 is 0. The van der Waals surface area contributed by atoms with Crippen LogP contribution in [0.25, 0.3) is 0 Å². The minimum Gasteiger partial charge on any atom is -0.339 e. The molecule has 2 rings (SSSR count). The summed E-state index contributed by atoms with van der Waals surface area (Å²) in [5, 5.41) is 3.51. The van der Waals surface area contributed by atoms with Crippen molar-refractivity contribution in [2.75, 3.05) is 24.6 Å². The van der Waals surface area contributed by atoms with Crippen LogP contribution in [0.4, 0.5) is 0 Å². The number of benzene rings is 1. The highest BCUT2D eigenvalue weighted by Gasteiger charge is 2.35. The number of hydrogen-bond donors (Lipinski definition) is 1. The van der Waals surface area contributed by atoms with Crippen LogP contribution in [0.5, 0.6) is 0 Å². The Balaban J connectivity index is 0.00000242. The standard InChI is InChI=1S/C17H26N2OS.ClH/c1-3-9-17(2,16(20)19-10-12-21-13-11-19)18-14-15-7-5-4-6-8-15;/h4-8,18H,3,9-14H2,1-2H3;1H. The third-order valence-electron chi connectivity index (χ3n) is 4.05. The number of rotatable bonds is 6. The predicted octanol–water partition coefficient (Wildman–Crippen LogP) is 3.33. The van der Waals surface area contributed by atoms with E-state index >= 15 is 0 Å². The van der Waals surface area contributed by atoms with Gasteiger partial charge in [-0.05, 0) is 18.9 Å². The third-order valence-corrected chi connectivity index (χ3v) is 4.99. The summed E-state index contributed by atoms with van der Waals surface area (Å²) in [4.78, 5) is 14.9. The molecule has 1 aliphatic heterocycles. The van der Waals surface area contributed by atoms with Gasteiger partial charge in [-0.25, -0.2) is 0 Å². The van der Waals surface area contributed by atoms with Crippen LogP contribution in [0.3, 0.4) is 0 Å². The molecule has 1 amide bonds. The van der Waals surface area contributed by atoms with Crippen LogP contribution in [0.1, 0.15) is 32.3 Å². The third kappa shape index (κ3) is 5.18. The Kier molecular flexibility index (Phi) is 8.29. The molecular formula is C17H27ClN2OS. The van der Waals surface area contributed by atoms with Crippen molar-refractivity contribution in [2.24, 2.45) is 0 Å². The first-order valence-corrected chi connectivity index (χ1v) is 8.97. The summed E-state index contributed by atoms with van der Waals surface area (Å²) in [6.07, 6.45) is 1.88. The normalized spacial score (nSPS) is 17.5. The highest BCUT2D eigenvalue weighted by molar-refractivity contribution is 7.99. The van der Waals surface area contributed by atoms with Crippen molar-refractivity contribution in [1.82, 2.24) is 10.2 Å². The maximum absolute atomic E-state index is 12.9. The summed E-state index contributed by atoms with van der Waals surface area (Å²) >= 11 is 1.94. The van der Waals surface area contributed by atoms with Gasteiger partial charge in [-0.3, -0.25) is 10.1 Å². The lowest BCUT2D eigenvalue weighted by atomic mass is 9.93. The van der Waals surface area contributed by atoms with Crippen LogP contribution in [-0.2, 0) is 11.3 Å². The van der Waals surface area contributed by atoms with Crippen LogP contribution in [-0.4, -0.2) is 40.9 Å². The van der Waals surface area contributed by atoms with E-state index in [1.54, 1.807) is 0 Å². The number of amides is 1. The van der Waals surface area contributed by atoms with E-state index in [1.807, 2.05) is 34.9 Å². The summed E-state index contributed by atoms with van der Waals surface area (Å²) in [6, 6.07) is 10.3. The van der Waals surface area contributed by atoms with Crippen LogP contribution in [0, 0.1) is 0 Å². The molecule has 0 aliphatic carbocycles. The van der Waals surface area contributed by atoms with Crippen LogP contribution < -0.4 is 5.32 Å². The van der Waals surface area contributed by atoms with E-state index in [0.717, 1.165) is 44.0 Å². The van der Waals surface area contributed by atoms with Crippen LogP contribution in [0.2, 0.25) is 0 Å². The minimum atomic E-state index is -0.452. The molecule has 5 heteroatoms. The molecule has 0 spiro atoms. The van der Waals surface area contributed by atoms with Gasteiger partial charge in [-0.1, -0.05) is 43.7 Å². The fourth-order valence-electron chi connectivity index (χ4n) is 2.78. The Labute approximate surface area is 144 Å². The predicted molar refractivity (Wildman–Crippen MR) is 97.7 cm³/mol. The van der Waals surface area contributed by atoms with Gasteiger partial charge < -0.3 is 4.90 Å². The Morgan fingerprint density at radius 3 is 2.50 bits per heavy atom. The van der Waals surface area contributed by atoms with Gasteiger partial charge in [0.05, 0.1) is 5.54 Å². The summed E-state index contributed by atoms with van der Waals surface area (Å²) in [5.41, 5.74) is 0.772. The number of hydrogen-bond acceptors (Lipinski definition) is 3. The van der Waals surface area contributed by atoms with Gasteiger partial charge >= 0.3 is 0 Å². The molecule has 1 fully saturated rings. The SMILES string of the molecule is CCCC(C)(NCc1ccccc1)C(=O)N1CCSCC1.Cl. The average molecular weight is 343 g/mol. The fourth-order valence-corrected chi connectivity index (χ4v) is 3.68. The van der Waals surface area contributed by atoms with E-state index in [4.69, 9.17) is 0 Å². The van der Waals surface area contributed by atoms with Crippen molar-refractivity contribution in [3.05, 3.63) is 35.9 Å². The number of thioether (sulfide) groups is 1. The van der Waals surface area contributed by atoms with Gasteiger partial charge in [0, 0.05) is 31.1 Å². The molecule has 1 saturated heterocycles. The molecule has 124 valence electrons. The zero-order valence-corrected chi connectivity index (χ0v) is 15.1. The summed E-state index contributed by atoms with van der Waals surface area (Å²) in [7, 11) is 0. The van der Waals surface area contributed by atoms with Crippen molar-refractivity contribution in [3.8, 4) is 0 Å². The topological polar surface area (TPSA) is 32.3 Å². The van der Waals surface area contributed by atoms with Crippen molar-refractivity contribution in [3.63, 3.8) is 0 Å². The number of nitrogens with one attached hydrogen (secondary N) is 1. The Morgan fingerprint density at radius 2 is 1.91 bits per heavy atom. The second kappa shape index (κ2) is 9.43. The van der Waals surface area contributed by atoms with E-state index in [9.17, 15) is 4.79 Å². The number of halogens is 1. The first kappa shape index (κ1) is 19.3. The summed E-state index contributed by atoms with van der Waals surface area (Å²) in [5.74, 6) is 2.39. The quantitative estimate of drug-likeness (QED) is 0.860. The molecule has 22 heavy (non-hydrogen) atoms. The molecule has 1 atom stereocenters. The maximum atomic E-state index is 12.9. The molecule has 3 nitrogen and oxygen atoms in total. The van der Waals surface area contributed by atoms with Gasteiger partial charge in [0.25, 0.3) is 0 Å². The molecular weight excluding hydrogens is 316 g/mol. The van der Waals surface area contributed by atoms with E-state index in [1.165, 1.54) is 5.56 Å². The van der Waals surface area contributed by atoms with Gasteiger partial charge in [0.2, 0.25) is 5.91 Å². The molecule has 1 N–H and O–H groups in total. The van der Waals surface area contributed by atoms with Crippen molar-refractivity contribution in [1.29, 1.82) is 0 Å². The van der Waals surface area contributed by atoms with Crippen molar-refractivity contribution >= 4 is 30.1 Å². The Hall–Kier alpha value is -0.710. The lowest BCUT2D eigenvalue weighted by Crippen LogP contribution is -2.57. The molecule has 1 aliphatic rings. The highest BCUT2D eigenvalue weighted by Crippen LogP contribution is 2.20. The van der Waals surface area contributed by atoms with Gasteiger partial charge in [0.15, 0.2) is 0 Å². The number of nitrogens with zero attached hydrogens (tertiary/aromatic N) is 1. The Morgan fingerprint density at radius 1 is 1.27 bits per heavy atom. The first-order valence-electron chi connectivity index (χ1n) is 7.82. The summed E-state index contributed by atoms with van der Waals surface area (Å²) in [6.45, 7) is 6.71. The lowest BCUT2D eigenvalue weighted by molar-refractivity contribution is -0.137. The maximum Gasteiger partial charge on any atom is 0.242 e. The molecule has 0 bridgehead atoms. The van der Waals surface area contributed by atoms with Crippen molar-refractivity contribution in [2.45, 2.75) is 38.8 Å². The number of carbonyl (C=O) groups excluding carboxylic acids is 1. The fraction of sp³-hybridized carbons (Fsp3) is 0.588. The Bertz CT molecular complexity index is 451. The second-order valence-corrected chi connectivity index (χ2v) is 7.05. The molecule has 1 aromatic rings. The van der Waals surface area contributed by atoms with E-state index < -0.39 is 5.54 Å². The minimum absolute atomic E-state index is 0. The molecule has 1 heterocycles. The molecule has 1 aromatic carbocycles. The smallest absolute Gasteiger partial charge is 0.242 e. The molecule has 0 saturated carbocycles. The van der Waals surface area contributed by atoms with Gasteiger partial charge in [0.1, 0.15) is 0 Å². The van der Waals surface area contributed by atoms with E-state index in [0.29, 0.717) is 0 Å². The average Bonchev–Trinajstić information content (AvgIpc) is 2.54. The lowest BCUT2D eigenvalue weighted by Gasteiger charge is -2.37. The van der Waals surface area contributed by atoms with Crippen LogP contribution in [0.15, 0.2) is 30.3 Å². The molecule has 0 aromatic heterocycles. The second-order valence-electron chi connectivity index (χ2n) is 5.83. The van der Waals surface area contributed by atoms with E-state index in [-0.39, 0.29) is 18.3 Å². The monoisotopic (exact) mass is 342 g/mol. The van der Waals surface area contributed by atoms with Crippen LogP contribution >= 0.6 is 24.2 Å². The first-order chi connectivity index (χ1) is 10.2. The molecule has 1 unspecified atom stereocenters. The van der Waals surface area contributed by atoms with Crippen molar-refractivity contribution < 1.29 is 4.79 Å². The van der Waals surface area contributed by atoms with Gasteiger partial charge in [-0.15, -0.1) is 12.4 Å². The van der Waals surface area contributed by atoms with Gasteiger partial charge in [-0.2, -0.15) is 11.8 Å².